The molecule has 2 amide bonds. The van der Waals surface area contributed by atoms with E-state index in [0.29, 0.717) is 37.3 Å². The van der Waals surface area contributed by atoms with Crippen LogP contribution in [0.15, 0.2) is 52.0 Å². The molecule has 26 heavy (non-hydrogen) atoms. The number of amides is 2. The molecule has 1 fully saturated rings. The highest BCUT2D eigenvalue weighted by molar-refractivity contribution is 7.90. The minimum absolute atomic E-state index is 0.0648. The lowest BCUT2D eigenvalue weighted by Crippen LogP contribution is -2.46. The van der Waals surface area contributed by atoms with Crippen LogP contribution in [-0.4, -0.2) is 50.5 Å². The van der Waals surface area contributed by atoms with Gasteiger partial charge in [0.2, 0.25) is 0 Å². The van der Waals surface area contributed by atoms with Crippen LogP contribution >= 0.6 is 0 Å². The largest absolute Gasteiger partial charge is 0.459 e. The number of hydrogen-bond donors (Lipinski definition) is 1. The predicted molar refractivity (Wildman–Crippen MR) is 94.7 cm³/mol. The van der Waals surface area contributed by atoms with Gasteiger partial charge in [0.05, 0.1) is 11.2 Å². The molecule has 0 saturated carbocycles. The second-order valence-electron chi connectivity index (χ2n) is 6.32. The van der Waals surface area contributed by atoms with E-state index in [4.69, 9.17) is 4.42 Å². The van der Waals surface area contributed by atoms with E-state index < -0.39 is 9.84 Å². The average Bonchev–Trinajstić information content (AvgIpc) is 3.16. The van der Waals surface area contributed by atoms with Crippen molar-refractivity contribution in [2.75, 3.05) is 19.3 Å². The zero-order valence-electron chi connectivity index (χ0n) is 14.3. The molecule has 8 heteroatoms. The van der Waals surface area contributed by atoms with Crippen molar-refractivity contribution in [2.24, 2.45) is 0 Å². The molecule has 0 spiro atoms. The van der Waals surface area contributed by atoms with Crippen LogP contribution in [0.2, 0.25) is 0 Å². The van der Waals surface area contributed by atoms with Crippen molar-refractivity contribution in [1.82, 2.24) is 10.2 Å². The van der Waals surface area contributed by atoms with E-state index in [1.807, 2.05) is 0 Å². The van der Waals surface area contributed by atoms with Crippen LogP contribution in [0.1, 0.15) is 33.8 Å². The van der Waals surface area contributed by atoms with E-state index in [1.54, 1.807) is 29.2 Å². The van der Waals surface area contributed by atoms with Gasteiger partial charge < -0.3 is 14.6 Å². The smallest absolute Gasteiger partial charge is 0.289 e. The molecule has 1 N–H and O–H groups in total. The maximum absolute atomic E-state index is 12.4. The van der Waals surface area contributed by atoms with Gasteiger partial charge in [0.15, 0.2) is 15.6 Å². The van der Waals surface area contributed by atoms with Gasteiger partial charge in [-0.3, -0.25) is 9.59 Å². The molecule has 2 heterocycles. The van der Waals surface area contributed by atoms with Crippen molar-refractivity contribution in [1.29, 1.82) is 0 Å². The van der Waals surface area contributed by atoms with Gasteiger partial charge in [-0.05, 0) is 43.2 Å². The van der Waals surface area contributed by atoms with Crippen molar-refractivity contribution in [3.63, 3.8) is 0 Å². The number of rotatable bonds is 4. The van der Waals surface area contributed by atoms with Gasteiger partial charge >= 0.3 is 0 Å². The molecule has 2 aromatic rings. The number of hydrogen-bond acceptors (Lipinski definition) is 5. The second kappa shape index (κ2) is 7.33. The maximum Gasteiger partial charge on any atom is 0.289 e. The molecular formula is C18H20N2O5S. The number of nitrogens with one attached hydrogen (secondary N) is 1. The topological polar surface area (TPSA) is 96.7 Å². The highest BCUT2D eigenvalue weighted by Gasteiger charge is 2.26. The van der Waals surface area contributed by atoms with Gasteiger partial charge in [0.1, 0.15) is 0 Å². The number of sulfone groups is 1. The maximum atomic E-state index is 12.4. The number of carbonyl (C=O) groups excluding carboxylic acids is 2. The normalized spacial score (nSPS) is 15.7. The predicted octanol–water partition coefficient (Wildman–Crippen LogP) is 1.72. The fourth-order valence-corrected chi connectivity index (χ4v) is 3.59. The Bertz CT molecular complexity index is 897. The average molecular weight is 376 g/mol. The molecule has 1 aliphatic heterocycles. The van der Waals surface area contributed by atoms with Crippen molar-refractivity contribution in [3.8, 4) is 0 Å². The number of benzene rings is 1. The van der Waals surface area contributed by atoms with Crippen molar-refractivity contribution >= 4 is 21.7 Å². The van der Waals surface area contributed by atoms with Crippen LogP contribution in [0.25, 0.3) is 0 Å². The first kappa shape index (κ1) is 18.2. The van der Waals surface area contributed by atoms with E-state index in [2.05, 4.69) is 5.32 Å². The Labute approximate surface area is 151 Å². The molecule has 138 valence electrons. The van der Waals surface area contributed by atoms with Crippen LogP contribution in [0.4, 0.5) is 0 Å². The lowest BCUT2D eigenvalue weighted by Gasteiger charge is -2.31. The summed E-state index contributed by atoms with van der Waals surface area (Å²) in [6.07, 6.45) is 3.83. The number of carbonyl (C=O) groups is 2. The molecular weight excluding hydrogens is 356 g/mol. The summed E-state index contributed by atoms with van der Waals surface area (Å²) in [5.41, 5.74) is 0.307. The van der Waals surface area contributed by atoms with Crippen molar-refractivity contribution < 1.29 is 22.4 Å². The van der Waals surface area contributed by atoms with Gasteiger partial charge in [-0.25, -0.2) is 8.42 Å². The minimum atomic E-state index is -3.36. The Morgan fingerprint density at radius 2 is 1.88 bits per heavy atom. The van der Waals surface area contributed by atoms with Crippen molar-refractivity contribution in [2.45, 2.75) is 23.8 Å². The molecule has 1 aromatic heterocycles. The first-order valence-electron chi connectivity index (χ1n) is 8.28. The highest BCUT2D eigenvalue weighted by Crippen LogP contribution is 2.16. The summed E-state index contributed by atoms with van der Waals surface area (Å²) in [6.45, 7) is 1.04. The van der Waals surface area contributed by atoms with E-state index >= 15 is 0 Å². The summed E-state index contributed by atoms with van der Waals surface area (Å²) in [5, 5.41) is 2.91. The Hall–Kier alpha value is -2.61. The van der Waals surface area contributed by atoms with Gasteiger partial charge in [-0.2, -0.15) is 0 Å². The molecule has 0 bridgehead atoms. The summed E-state index contributed by atoms with van der Waals surface area (Å²) in [5.74, 6) is -0.156. The zero-order chi connectivity index (χ0) is 18.7. The third-order valence-electron chi connectivity index (χ3n) is 4.37. The Balaban J connectivity index is 1.58. The van der Waals surface area contributed by atoms with E-state index in [1.165, 1.54) is 18.4 Å². The van der Waals surface area contributed by atoms with Crippen LogP contribution in [0.3, 0.4) is 0 Å². The number of likely N-dealkylation sites (tertiary alicyclic amines) is 1. The Morgan fingerprint density at radius 3 is 2.50 bits per heavy atom. The lowest BCUT2D eigenvalue weighted by molar-refractivity contribution is 0.0667. The van der Waals surface area contributed by atoms with Crippen LogP contribution in [0, 0.1) is 0 Å². The standard InChI is InChI=1S/C18H20N2O5S/c1-26(23,24)15-5-2-4-13(12-15)17(21)19-14-7-9-20(10-8-14)18(22)16-6-3-11-25-16/h2-6,11-12,14H,7-10H2,1H3,(H,19,21). The Kier molecular flexibility index (Phi) is 5.13. The molecule has 0 aliphatic carbocycles. The van der Waals surface area contributed by atoms with Gasteiger partial charge in [0.25, 0.3) is 11.8 Å². The third kappa shape index (κ3) is 4.13. The quantitative estimate of drug-likeness (QED) is 0.876. The monoisotopic (exact) mass is 376 g/mol. The van der Waals surface area contributed by atoms with Crippen LogP contribution < -0.4 is 5.32 Å². The highest BCUT2D eigenvalue weighted by atomic mass is 32.2. The first-order chi connectivity index (χ1) is 12.3. The number of piperidine rings is 1. The fraction of sp³-hybridized carbons (Fsp3) is 0.333. The molecule has 1 saturated heterocycles. The molecule has 1 aromatic carbocycles. The second-order valence-corrected chi connectivity index (χ2v) is 8.33. The minimum Gasteiger partial charge on any atom is -0.459 e. The van der Waals surface area contributed by atoms with Crippen LogP contribution in [-0.2, 0) is 9.84 Å². The number of furan rings is 1. The summed E-state index contributed by atoms with van der Waals surface area (Å²) in [6, 6.07) is 9.21. The van der Waals surface area contributed by atoms with Crippen LogP contribution in [0.5, 0.6) is 0 Å². The molecule has 0 radical (unpaired) electrons. The SMILES string of the molecule is CS(=O)(=O)c1cccc(C(=O)NC2CCN(C(=O)c3ccco3)CC2)c1. The summed E-state index contributed by atoms with van der Waals surface area (Å²) in [4.78, 5) is 26.4. The summed E-state index contributed by atoms with van der Waals surface area (Å²) in [7, 11) is -3.36. The zero-order valence-corrected chi connectivity index (χ0v) is 15.2. The third-order valence-corrected chi connectivity index (χ3v) is 5.48. The molecule has 7 nitrogen and oxygen atoms in total. The van der Waals surface area contributed by atoms with Gasteiger partial charge in [0, 0.05) is 31.0 Å². The van der Waals surface area contributed by atoms with E-state index in [0.717, 1.165) is 6.26 Å². The molecule has 3 rings (SSSR count). The molecule has 0 atom stereocenters. The fourth-order valence-electron chi connectivity index (χ4n) is 2.92. The first-order valence-corrected chi connectivity index (χ1v) is 10.2. The lowest BCUT2D eigenvalue weighted by atomic mass is 10.0. The van der Waals surface area contributed by atoms with Crippen molar-refractivity contribution in [3.05, 3.63) is 54.0 Å². The summed E-state index contributed by atoms with van der Waals surface area (Å²) < 4.78 is 28.4. The van der Waals surface area contributed by atoms with Gasteiger partial charge in [-0.15, -0.1) is 0 Å². The van der Waals surface area contributed by atoms with E-state index in [-0.39, 0.29) is 22.8 Å². The molecule has 0 unspecified atom stereocenters. The van der Waals surface area contributed by atoms with E-state index in [9.17, 15) is 18.0 Å². The summed E-state index contributed by atoms with van der Waals surface area (Å²) >= 11 is 0. The Morgan fingerprint density at radius 1 is 1.15 bits per heavy atom. The molecule has 1 aliphatic rings. The number of nitrogens with zero attached hydrogens (tertiary/aromatic N) is 1. The van der Waals surface area contributed by atoms with Gasteiger partial charge in [-0.1, -0.05) is 6.07 Å².